The van der Waals surface area contributed by atoms with Gasteiger partial charge in [-0.2, -0.15) is 5.10 Å². The van der Waals surface area contributed by atoms with E-state index in [2.05, 4.69) is 16.5 Å². The summed E-state index contributed by atoms with van der Waals surface area (Å²) < 4.78 is 13.0. The van der Waals surface area contributed by atoms with Gasteiger partial charge in [0.15, 0.2) is 11.8 Å². The Morgan fingerprint density at radius 2 is 1.82 bits per heavy atom. The molecule has 1 saturated heterocycles. The number of amides is 2. The number of aromatic nitrogens is 2. The molecule has 1 N–H and O–H groups in total. The van der Waals surface area contributed by atoms with Crippen LogP contribution in [0.3, 0.4) is 0 Å². The van der Waals surface area contributed by atoms with Gasteiger partial charge in [-0.15, -0.1) is 0 Å². The first-order valence-electron chi connectivity index (χ1n) is 13.9. The Morgan fingerprint density at radius 1 is 1.08 bits per heavy atom. The second kappa shape index (κ2) is 11.5. The van der Waals surface area contributed by atoms with Gasteiger partial charge in [0.1, 0.15) is 11.5 Å². The van der Waals surface area contributed by atoms with E-state index in [4.69, 9.17) is 9.47 Å². The van der Waals surface area contributed by atoms with Gasteiger partial charge in [-0.3, -0.25) is 14.3 Å². The fraction of sp³-hybridized carbons (Fsp3) is 0.452. The summed E-state index contributed by atoms with van der Waals surface area (Å²) in [6, 6.07) is 17.6. The SMILES string of the molecule is COc1ccc(-c2cc(C(=O)N3CCC4(CCCCc5ccccc5O[C@H](C)C(=O)NC4)CC3)nn2C)cc1. The molecule has 2 aliphatic rings. The Morgan fingerprint density at radius 3 is 2.56 bits per heavy atom. The lowest BCUT2D eigenvalue weighted by molar-refractivity contribution is -0.128. The topological polar surface area (TPSA) is 85.7 Å². The minimum absolute atomic E-state index is 0.0246. The molecule has 206 valence electrons. The van der Waals surface area contributed by atoms with Crippen LogP contribution in [0.1, 0.15) is 55.1 Å². The van der Waals surface area contributed by atoms with Crippen molar-refractivity contribution in [3.63, 3.8) is 0 Å². The Bertz CT molecular complexity index is 1310. The molecule has 1 aromatic heterocycles. The van der Waals surface area contributed by atoms with E-state index in [1.165, 1.54) is 0 Å². The summed E-state index contributed by atoms with van der Waals surface area (Å²) in [5.41, 5.74) is 3.44. The number of carbonyl (C=O) groups excluding carboxylic acids is 2. The third-order valence-electron chi connectivity index (χ3n) is 8.28. The van der Waals surface area contributed by atoms with Gasteiger partial charge in [-0.1, -0.05) is 24.6 Å². The van der Waals surface area contributed by atoms with Crippen LogP contribution in [-0.2, 0) is 18.3 Å². The van der Waals surface area contributed by atoms with Gasteiger partial charge in [0.2, 0.25) is 0 Å². The molecule has 3 heterocycles. The predicted molar refractivity (Wildman–Crippen MR) is 150 cm³/mol. The average molecular weight is 531 g/mol. The van der Waals surface area contributed by atoms with Gasteiger partial charge < -0.3 is 19.7 Å². The van der Waals surface area contributed by atoms with Crippen LogP contribution in [-0.4, -0.2) is 59.3 Å². The number of aryl methyl sites for hydroxylation is 2. The van der Waals surface area contributed by atoms with E-state index in [1.54, 1.807) is 18.7 Å². The number of para-hydroxylation sites is 1. The van der Waals surface area contributed by atoms with Crippen LogP contribution in [0.15, 0.2) is 54.6 Å². The second-order valence-electron chi connectivity index (χ2n) is 10.9. The van der Waals surface area contributed by atoms with Crippen molar-refractivity contribution in [3.8, 4) is 22.8 Å². The molecule has 8 heteroatoms. The molecule has 2 aromatic carbocycles. The van der Waals surface area contributed by atoms with Crippen LogP contribution in [0.25, 0.3) is 11.3 Å². The molecular weight excluding hydrogens is 492 g/mol. The molecule has 8 nitrogen and oxygen atoms in total. The summed E-state index contributed by atoms with van der Waals surface area (Å²) in [4.78, 5) is 28.2. The van der Waals surface area contributed by atoms with Crippen molar-refractivity contribution in [1.82, 2.24) is 20.0 Å². The highest BCUT2D eigenvalue weighted by molar-refractivity contribution is 5.93. The fourth-order valence-corrected chi connectivity index (χ4v) is 5.77. The maximum absolute atomic E-state index is 13.4. The normalized spacial score (nSPS) is 19.7. The van der Waals surface area contributed by atoms with E-state index >= 15 is 0 Å². The lowest BCUT2D eigenvalue weighted by Crippen LogP contribution is -2.49. The smallest absolute Gasteiger partial charge is 0.274 e. The number of rotatable bonds is 3. The Kier molecular flexibility index (Phi) is 7.91. The average Bonchev–Trinajstić information content (AvgIpc) is 3.35. The molecule has 3 aromatic rings. The van der Waals surface area contributed by atoms with Crippen LogP contribution in [0.4, 0.5) is 0 Å². The van der Waals surface area contributed by atoms with Crippen molar-refractivity contribution in [2.75, 3.05) is 26.7 Å². The van der Waals surface area contributed by atoms with Crippen LogP contribution < -0.4 is 14.8 Å². The summed E-state index contributed by atoms with van der Waals surface area (Å²) in [7, 11) is 3.50. The molecule has 2 aliphatic heterocycles. The quantitative estimate of drug-likeness (QED) is 0.534. The standard InChI is InChI=1S/C31H38N4O4/c1-22-29(36)32-21-31(15-7-6-9-24-8-4-5-10-28(24)39-22)16-18-35(19-17-31)30(37)26-20-27(34(2)33-26)23-11-13-25(38-3)14-12-23/h4-5,8,10-14,20,22H,6-7,9,15-19,21H2,1-3H3,(H,32,36)/t22-/m1/s1. The summed E-state index contributed by atoms with van der Waals surface area (Å²) in [6.45, 7) is 3.71. The first-order valence-corrected chi connectivity index (χ1v) is 13.9. The van der Waals surface area contributed by atoms with Crippen molar-refractivity contribution < 1.29 is 19.1 Å². The monoisotopic (exact) mass is 530 g/mol. The van der Waals surface area contributed by atoms with Crippen molar-refractivity contribution >= 4 is 11.8 Å². The zero-order valence-corrected chi connectivity index (χ0v) is 23.1. The lowest BCUT2D eigenvalue weighted by atomic mass is 9.74. The molecule has 0 radical (unpaired) electrons. The second-order valence-corrected chi connectivity index (χ2v) is 10.9. The number of benzene rings is 2. The summed E-state index contributed by atoms with van der Waals surface area (Å²) in [6.07, 6.45) is 5.23. The minimum atomic E-state index is -0.562. The lowest BCUT2D eigenvalue weighted by Gasteiger charge is -2.42. The van der Waals surface area contributed by atoms with E-state index in [1.807, 2.05) is 60.5 Å². The number of ether oxygens (including phenoxy) is 2. The molecule has 0 bridgehead atoms. The first-order chi connectivity index (χ1) is 18.9. The predicted octanol–water partition coefficient (Wildman–Crippen LogP) is 4.63. The summed E-state index contributed by atoms with van der Waals surface area (Å²) in [5.74, 6) is 1.44. The highest BCUT2D eigenvalue weighted by Gasteiger charge is 2.37. The number of hydrogen-bond acceptors (Lipinski definition) is 5. The molecule has 0 unspecified atom stereocenters. The van der Waals surface area contributed by atoms with E-state index in [-0.39, 0.29) is 17.2 Å². The number of hydrogen-bond donors (Lipinski definition) is 1. The Hall–Kier alpha value is -3.81. The van der Waals surface area contributed by atoms with Gasteiger partial charge in [0, 0.05) is 32.2 Å². The van der Waals surface area contributed by atoms with E-state index in [0.717, 1.165) is 66.8 Å². The molecule has 1 spiro atoms. The number of methoxy groups -OCH3 is 1. The first kappa shape index (κ1) is 26.8. The molecule has 1 atom stereocenters. The highest BCUT2D eigenvalue weighted by atomic mass is 16.5. The number of fused-ring (bicyclic) bond motifs is 1. The molecule has 5 rings (SSSR count). The van der Waals surface area contributed by atoms with Crippen molar-refractivity contribution in [3.05, 3.63) is 65.9 Å². The molecule has 39 heavy (non-hydrogen) atoms. The summed E-state index contributed by atoms with van der Waals surface area (Å²) in [5, 5.41) is 7.70. The van der Waals surface area contributed by atoms with Crippen molar-refractivity contribution in [2.45, 2.75) is 51.6 Å². The minimum Gasteiger partial charge on any atom is -0.497 e. The van der Waals surface area contributed by atoms with E-state index < -0.39 is 6.10 Å². The van der Waals surface area contributed by atoms with Crippen LogP contribution in [0.2, 0.25) is 0 Å². The number of nitrogens with zero attached hydrogens (tertiary/aromatic N) is 3. The van der Waals surface area contributed by atoms with Gasteiger partial charge in [0.05, 0.1) is 12.8 Å². The zero-order valence-electron chi connectivity index (χ0n) is 23.1. The molecule has 1 fully saturated rings. The number of likely N-dealkylation sites (tertiary alicyclic amines) is 1. The summed E-state index contributed by atoms with van der Waals surface area (Å²) >= 11 is 0. The molecule has 0 aliphatic carbocycles. The number of piperidine rings is 1. The van der Waals surface area contributed by atoms with Gasteiger partial charge in [-0.05, 0) is 86.4 Å². The van der Waals surface area contributed by atoms with Crippen molar-refractivity contribution in [1.29, 1.82) is 0 Å². The molecule has 0 saturated carbocycles. The highest BCUT2D eigenvalue weighted by Crippen LogP contribution is 2.37. The van der Waals surface area contributed by atoms with E-state index in [9.17, 15) is 9.59 Å². The van der Waals surface area contributed by atoms with Gasteiger partial charge >= 0.3 is 0 Å². The third kappa shape index (κ3) is 5.95. The zero-order chi connectivity index (χ0) is 27.4. The molecular formula is C31H38N4O4. The van der Waals surface area contributed by atoms with Crippen molar-refractivity contribution in [2.24, 2.45) is 12.5 Å². The maximum Gasteiger partial charge on any atom is 0.274 e. The van der Waals surface area contributed by atoms with Gasteiger partial charge in [0.25, 0.3) is 11.8 Å². The van der Waals surface area contributed by atoms with E-state index in [0.29, 0.717) is 25.3 Å². The van der Waals surface area contributed by atoms with Gasteiger partial charge in [-0.25, -0.2) is 0 Å². The number of carbonyl (C=O) groups is 2. The third-order valence-corrected chi connectivity index (χ3v) is 8.28. The largest absolute Gasteiger partial charge is 0.497 e. The molecule has 2 amide bonds. The van der Waals surface area contributed by atoms with Crippen LogP contribution >= 0.6 is 0 Å². The Labute approximate surface area is 230 Å². The fourth-order valence-electron chi connectivity index (χ4n) is 5.77. The maximum atomic E-state index is 13.4. The Balaban J connectivity index is 1.25. The van der Waals surface area contributed by atoms with Crippen LogP contribution in [0.5, 0.6) is 11.5 Å². The number of nitrogens with one attached hydrogen (secondary N) is 1. The van der Waals surface area contributed by atoms with Crippen LogP contribution in [0, 0.1) is 5.41 Å².